The zero-order chi connectivity index (χ0) is 15.9. The molecule has 0 fully saturated rings. The number of hydrogen-bond donors (Lipinski definition) is 0. The second kappa shape index (κ2) is 7.33. The van der Waals surface area contributed by atoms with Crippen molar-refractivity contribution in [3.8, 4) is 0 Å². The monoisotopic (exact) mass is 301 g/mol. The summed E-state index contributed by atoms with van der Waals surface area (Å²) < 4.78 is 10.3. The first-order valence-electron chi connectivity index (χ1n) is 6.59. The molecule has 0 aliphatic heterocycles. The smallest absolute Gasteiger partial charge is 0.340 e. The zero-order valence-corrected chi connectivity index (χ0v) is 12.0. The van der Waals surface area contributed by atoms with Crippen LogP contribution in [0.2, 0.25) is 0 Å². The summed E-state index contributed by atoms with van der Waals surface area (Å²) in [6.45, 7) is 0.120. The Kier molecular flexibility index (Phi) is 5.21. The Morgan fingerprint density at radius 1 is 1.18 bits per heavy atom. The topological polar surface area (TPSA) is 78.7 Å². The lowest BCUT2D eigenvalue weighted by Crippen LogP contribution is -2.17. The molecule has 22 heavy (non-hydrogen) atoms. The number of carbonyl (C=O) groups is 1. The number of rotatable bonds is 6. The third kappa shape index (κ3) is 3.89. The lowest BCUT2D eigenvalue weighted by atomic mass is 10.1. The molecule has 0 heterocycles. The van der Waals surface area contributed by atoms with Gasteiger partial charge < -0.3 is 9.47 Å². The number of carbonyl (C=O) groups excluding carboxylic acids is 1. The largest absolute Gasteiger partial charge is 0.459 e. The molecule has 0 unspecified atom stereocenters. The Morgan fingerprint density at radius 3 is 2.55 bits per heavy atom. The van der Waals surface area contributed by atoms with Gasteiger partial charge in [-0.05, 0) is 11.1 Å². The van der Waals surface area contributed by atoms with Gasteiger partial charge in [0.25, 0.3) is 5.69 Å². The van der Waals surface area contributed by atoms with Gasteiger partial charge in [-0.15, -0.1) is 0 Å². The summed E-state index contributed by atoms with van der Waals surface area (Å²) in [5, 5.41) is 10.8. The van der Waals surface area contributed by atoms with E-state index < -0.39 is 17.0 Å². The highest BCUT2D eigenvalue weighted by molar-refractivity contribution is 5.76. The summed E-state index contributed by atoms with van der Waals surface area (Å²) >= 11 is 0. The first kappa shape index (κ1) is 15.7. The maximum atomic E-state index is 12.1. The van der Waals surface area contributed by atoms with Crippen LogP contribution in [0.25, 0.3) is 0 Å². The third-order valence-corrected chi connectivity index (χ3v) is 3.06. The Hall–Kier alpha value is -2.73. The summed E-state index contributed by atoms with van der Waals surface area (Å²) in [7, 11) is 1.35. The SMILES string of the molecule is CO[C@H](C(=O)OCc1ccccc1)c1cccc([N+](=O)[O-])c1. The minimum atomic E-state index is -0.997. The Labute approximate surface area is 127 Å². The maximum absolute atomic E-state index is 12.1. The molecule has 0 amide bonds. The lowest BCUT2D eigenvalue weighted by Gasteiger charge is -2.14. The highest BCUT2D eigenvalue weighted by Crippen LogP contribution is 2.23. The quantitative estimate of drug-likeness (QED) is 0.465. The number of hydrogen-bond acceptors (Lipinski definition) is 5. The van der Waals surface area contributed by atoms with Gasteiger partial charge in [-0.3, -0.25) is 10.1 Å². The van der Waals surface area contributed by atoms with E-state index in [9.17, 15) is 14.9 Å². The van der Waals surface area contributed by atoms with Crippen molar-refractivity contribution in [3.05, 3.63) is 75.8 Å². The molecule has 2 aromatic rings. The van der Waals surface area contributed by atoms with E-state index in [1.54, 1.807) is 6.07 Å². The molecule has 2 rings (SSSR count). The maximum Gasteiger partial charge on any atom is 0.340 e. The van der Waals surface area contributed by atoms with Crippen molar-refractivity contribution >= 4 is 11.7 Å². The summed E-state index contributed by atoms with van der Waals surface area (Å²) in [5.41, 5.74) is 1.13. The number of ether oxygens (including phenoxy) is 2. The number of esters is 1. The average molecular weight is 301 g/mol. The fourth-order valence-corrected chi connectivity index (χ4v) is 1.97. The summed E-state index contributed by atoms with van der Waals surface area (Å²) in [6, 6.07) is 15.0. The lowest BCUT2D eigenvalue weighted by molar-refractivity contribution is -0.385. The van der Waals surface area contributed by atoms with E-state index in [1.165, 1.54) is 25.3 Å². The number of nitro groups is 1. The third-order valence-electron chi connectivity index (χ3n) is 3.06. The standard InChI is InChI=1S/C16H15NO5/c1-21-15(13-8-5-9-14(10-13)17(19)20)16(18)22-11-12-6-3-2-4-7-12/h2-10,15H,11H2,1H3/t15-/m0/s1. The molecule has 0 spiro atoms. The molecule has 0 aliphatic carbocycles. The second-order valence-electron chi connectivity index (χ2n) is 4.56. The molecule has 114 valence electrons. The van der Waals surface area contributed by atoms with Crippen molar-refractivity contribution in [2.24, 2.45) is 0 Å². The molecule has 0 saturated heterocycles. The Bertz CT molecular complexity index is 657. The van der Waals surface area contributed by atoms with Crippen LogP contribution in [0.4, 0.5) is 5.69 Å². The molecule has 1 atom stereocenters. The van der Waals surface area contributed by atoms with Crippen LogP contribution in [0.15, 0.2) is 54.6 Å². The van der Waals surface area contributed by atoms with Gasteiger partial charge in [0, 0.05) is 19.2 Å². The van der Waals surface area contributed by atoms with Gasteiger partial charge in [-0.25, -0.2) is 4.79 Å². The Balaban J connectivity index is 2.08. The molecule has 2 aromatic carbocycles. The summed E-state index contributed by atoms with van der Waals surface area (Å²) in [4.78, 5) is 22.4. The van der Waals surface area contributed by atoms with Crippen molar-refractivity contribution in [1.82, 2.24) is 0 Å². The highest BCUT2D eigenvalue weighted by atomic mass is 16.6. The number of non-ortho nitro benzene ring substituents is 1. The van der Waals surface area contributed by atoms with Crippen LogP contribution >= 0.6 is 0 Å². The fourth-order valence-electron chi connectivity index (χ4n) is 1.97. The van der Waals surface area contributed by atoms with Crippen molar-refractivity contribution in [3.63, 3.8) is 0 Å². The van der Waals surface area contributed by atoms with Crippen LogP contribution < -0.4 is 0 Å². The van der Waals surface area contributed by atoms with E-state index in [0.717, 1.165) is 5.56 Å². The van der Waals surface area contributed by atoms with Crippen molar-refractivity contribution in [1.29, 1.82) is 0 Å². The molecular formula is C16H15NO5. The normalized spacial score (nSPS) is 11.7. The molecule has 0 aromatic heterocycles. The fraction of sp³-hybridized carbons (Fsp3) is 0.188. The van der Waals surface area contributed by atoms with Crippen molar-refractivity contribution in [2.45, 2.75) is 12.7 Å². The van der Waals surface area contributed by atoms with Crippen LogP contribution in [0.3, 0.4) is 0 Å². The minimum Gasteiger partial charge on any atom is -0.459 e. The van der Waals surface area contributed by atoms with Crippen molar-refractivity contribution < 1.29 is 19.2 Å². The van der Waals surface area contributed by atoms with Crippen LogP contribution in [0.1, 0.15) is 17.2 Å². The number of nitro benzene ring substituents is 1. The number of nitrogens with zero attached hydrogens (tertiary/aromatic N) is 1. The summed E-state index contributed by atoms with van der Waals surface area (Å²) in [5.74, 6) is -0.591. The van der Waals surface area contributed by atoms with Gasteiger partial charge in [0.2, 0.25) is 0 Å². The van der Waals surface area contributed by atoms with Gasteiger partial charge in [0.15, 0.2) is 6.10 Å². The molecule has 0 saturated carbocycles. The average Bonchev–Trinajstić information content (AvgIpc) is 2.55. The minimum absolute atomic E-state index is 0.101. The predicted octanol–water partition coefficient (Wildman–Crippen LogP) is 3.03. The molecule has 0 bridgehead atoms. The van der Waals surface area contributed by atoms with E-state index >= 15 is 0 Å². The first-order valence-corrected chi connectivity index (χ1v) is 6.59. The molecule has 0 aliphatic rings. The highest BCUT2D eigenvalue weighted by Gasteiger charge is 2.23. The van der Waals surface area contributed by atoms with Crippen LogP contribution in [0.5, 0.6) is 0 Å². The van der Waals surface area contributed by atoms with E-state index in [-0.39, 0.29) is 12.3 Å². The van der Waals surface area contributed by atoms with E-state index in [4.69, 9.17) is 9.47 Å². The van der Waals surface area contributed by atoms with Gasteiger partial charge >= 0.3 is 5.97 Å². The Morgan fingerprint density at radius 2 is 1.91 bits per heavy atom. The summed E-state index contributed by atoms with van der Waals surface area (Å²) in [6.07, 6.45) is -0.997. The molecule has 6 nitrogen and oxygen atoms in total. The van der Waals surface area contributed by atoms with Crippen LogP contribution in [-0.4, -0.2) is 18.0 Å². The van der Waals surface area contributed by atoms with E-state index in [1.807, 2.05) is 30.3 Å². The molecular weight excluding hydrogens is 286 g/mol. The van der Waals surface area contributed by atoms with Gasteiger partial charge in [-0.1, -0.05) is 42.5 Å². The van der Waals surface area contributed by atoms with Crippen LogP contribution in [-0.2, 0) is 20.9 Å². The van der Waals surface area contributed by atoms with Gasteiger partial charge in [-0.2, -0.15) is 0 Å². The molecule has 0 radical (unpaired) electrons. The predicted molar refractivity (Wildman–Crippen MR) is 79.1 cm³/mol. The number of methoxy groups -OCH3 is 1. The van der Waals surface area contributed by atoms with Gasteiger partial charge in [0.05, 0.1) is 4.92 Å². The zero-order valence-electron chi connectivity index (χ0n) is 12.0. The van der Waals surface area contributed by atoms with E-state index in [2.05, 4.69) is 0 Å². The number of benzene rings is 2. The molecule has 6 heteroatoms. The van der Waals surface area contributed by atoms with Gasteiger partial charge in [0.1, 0.15) is 6.61 Å². The molecule has 0 N–H and O–H groups in total. The second-order valence-corrected chi connectivity index (χ2v) is 4.56. The first-order chi connectivity index (χ1) is 10.6. The van der Waals surface area contributed by atoms with Crippen LogP contribution in [0, 0.1) is 10.1 Å². The van der Waals surface area contributed by atoms with E-state index in [0.29, 0.717) is 5.56 Å². The van der Waals surface area contributed by atoms with Crippen molar-refractivity contribution in [2.75, 3.05) is 7.11 Å².